The van der Waals surface area contributed by atoms with Gasteiger partial charge in [0.15, 0.2) is 0 Å². The molecule has 0 bridgehead atoms. The molecule has 2 aromatic carbocycles. The number of nitrogens with one attached hydrogen (secondary N) is 2. The summed E-state index contributed by atoms with van der Waals surface area (Å²) in [6.45, 7) is 5.98. The second-order valence-corrected chi connectivity index (χ2v) is 7.18. The summed E-state index contributed by atoms with van der Waals surface area (Å²) in [5.41, 5.74) is 0.863. The van der Waals surface area contributed by atoms with Gasteiger partial charge >= 0.3 is 6.18 Å². The number of halogens is 3. The van der Waals surface area contributed by atoms with Crippen LogP contribution in [0.2, 0.25) is 0 Å². The second kappa shape index (κ2) is 10.8. The van der Waals surface area contributed by atoms with Gasteiger partial charge in [-0.2, -0.15) is 28.1 Å². The first-order valence-electron chi connectivity index (χ1n) is 10.6. The first kappa shape index (κ1) is 24.1. The van der Waals surface area contributed by atoms with E-state index in [1.807, 2.05) is 43.0 Å². The minimum atomic E-state index is -4.39. The van der Waals surface area contributed by atoms with Gasteiger partial charge in [0, 0.05) is 25.3 Å². The molecular formula is C23H27F3N6O. The molecule has 0 amide bonds. The molecule has 0 unspecified atom stereocenters. The molecule has 1 heterocycles. The molecule has 0 saturated heterocycles. The number of hydrogen-bond donors (Lipinski definition) is 2. The summed E-state index contributed by atoms with van der Waals surface area (Å²) in [6.07, 6.45) is -3.64. The van der Waals surface area contributed by atoms with Crippen molar-refractivity contribution in [1.82, 2.24) is 15.0 Å². The highest BCUT2D eigenvalue weighted by Gasteiger charge is 2.30. The maximum atomic E-state index is 12.8. The lowest BCUT2D eigenvalue weighted by Crippen LogP contribution is -2.25. The lowest BCUT2D eigenvalue weighted by atomic mass is 10.1. The molecule has 0 aliphatic rings. The van der Waals surface area contributed by atoms with Gasteiger partial charge in [0.2, 0.25) is 17.8 Å². The van der Waals surface area contributed by atoms with Gasteiger partial charge in [0.25, 0.3) is 0 Å². The zero-order valence-electron chi connectivity index (χ0n) is 18.8. The van der Waals surface area contributed by atoms with Crippen molar-refractivity contribution in [1.29, 1.82) is 0 Å². The molecule has 0 atom stereocenters. The van der Waals surface area contributed by atoms with Gasteiger partial charge in [-0.1, -0.05) is 12.1 Å². The Morgan fingerprint density at radius 3 is 2.09 bits per heavy atom. The van der Waals surface area contributed by atoms with E-state index in [0.29, 0.717) is 37.2 Å². The van der Waals surface area contributed by atoms with Gasteiger partial charge in [0.1, 0.15) is 5.75 Å². The summed E-state index contributed by atoms with van der Waals surface area (Å²) < 4.78 is 43.6. The molecule has 0 fully saturated rings. The van der Waals surface area contributed by atoms with Crippen LogP contribution in [-0.4, -0.2) is 41.7 Å². The fourth-order valence-corrected chi connectivity index (χ4v) is 3.13. The van der Waals surface area contributed by atoms with Gasteiger partial charge < -0.3 is 20.3 Å². The first-order valence-corrected chi connectivity index (χ1v) is 10.6. The van der Waals surface area contributed by atoms with Crippen LogP contribution in [0.1, 0.15) is 25.0 Å². The van der Waals surface area contributed by atoms with Crippen LogP contribution in [0.4, 0.5) is 36.7 Å². The van der Waals surface area contributed by atoms with E-state index in [2.05, 4.69) is 25.6 Å². The predicted octanol–water partition coefficient (Wildman–Crippen LogP) is 5.14. The van der Waals surface area contributed by atoms with Crippen LogP contribution in [0, 0.1) is 0 Å². The van der Waals surface area contributed by atoms with Crippen LogP contribution in [0.3, 0.4) is 0 Å². The van der Waals surface area contributed by atoms with Crippen LogP contribution in [0.25, 0.3) is 0 Å². The van der Waals surface area contributed by atoms with Crippen molar-refractivity contribution in [3.8, 4) is 5.75 Å². The van der Waals surface area contributed by atoms with E-state index < -0.39 is 11.7 Å². The maximum absolute atomic E-state index is 12.8. The Hall–Kier alpha value is -3.56. The topological polar surface area (TPSA) is 75.2 Å². The zero-order valence-corrected chi connectivity index (χ0v) is 18.8. The molecule has 10 heteroatoms. The minimum Gasteiger partial charge on any atom is -0.497 e. The van der Waals surface area contributed by atoms with Crippen molar-refractivity contribution < 1.29 is 17.9 Å². The van der Waals surface area contributed by atoms with Crippen LogP contribution < -0.4 is 20.3 Å². The van der Waals surface area contributed by atoms with Crippen LogP contribution >= 0.6 is 0 Å². The maximum Gasteiger partial charge on any atom is 0.416 e. The number of benzene rings is 2. The van der Waals surface area contributed by atoms with Crippen LogP contribution in [0.15, 0.2) is 48.5 Å². The predicted molar refractivity (Wildman–Crippen MR) is 123 cm³/mol. The van der Waals surface area contributed by atoms with E-state index in [0.717, 1.165) is 29.9 Å². The molecule has 3 aromatic rings. The van der Waals surface area contributed by atoms with E-state index in [9.17, 15) is 13.2 Å². The first-order chi connectivity index (χ1) is 15.8. The Bertz CT molecular complexity index is 1020. The Labute approximate surface area is 191 Å². The van der Waals surface area contributed by atoms with Crippen molar-refractivity contribution in [2.24, 2.45) is 0 Å². The van der Waals surface area contributed by atoms with Gasteiger partial charge in [-0.05, 0) is 62.2 Å². The molecule has 0 aliphatic carbocycles. The Kier molecular flexibility index (Phi) is 7.92. The van der Waals surface area contributed by atoms with Gasteiger partial charge in [-0.3, -0.25) is 0 Å². The van der Waals surface area contributed by atoms with Crippen molar-refractivity contribution in [3.63, 3.8) is 0 Å². The summed E-state index contributed by atoms with van der Waals surface area (Å²) in [7, 11) is 1.63. The minimum absolute atomic E-state index is 0.249. The number of hydrogen-bond acceptors (Lipinski definition) is 7. The number of anilines is 4. The third-order valence-electron chi connectivity index (χ3n) is 4.99. The molecule has 176 valence electrons. The highest BCUT2D eigenvalue weighted by molar-refractivity contribution is 5.56. The molecule has 0 aliphatic heterocycles. The molecule has 1 aromatic heterocycles. The number of aromatic nitrogens is 3. The Balaban J connectivity index is 1.75. The third-order valence-corrected chi connectivity index (χ3v) is 4.99. The van der Waals surface area contributed by atoms with E-state index in [1.165, 1.54) is 12.1 Å². The van der Waals surface area contributed by atoms with E-state index in [1.54, 1.807) is 7.11 Å². The summed E-state index contributed by atoms with van der Waals surface area (Å²) in [6, 6.07) is 12.5. The quantitative estimate of drug-likeness (QED) is 0.434. The standard InChI is InChI=1S/C23H27F3N6O/c1-4-32(5-2)22-30-20(27-15-14-16-6-12-19(33-3)13-7-16)29-21(31-22)28-18-10-8-17(9-11-18)23(24,25)26/h6-13H,4-5,14-15H2,1-3H3,(H2,27,28,29,30,31). The largest absolute Gasteiger partial charge is 0.497 e. The van der Waals surface area contributed by atoms with E-state index in [4.69, 9.17) is 4.74 Å². The van der Waals surface area contributed by atoms with Crippen molar-refractivity contribution in [2.75, 3.05) is 42.3 Å². The van der Waals surface area contributed by atoms with E-state index in [-0.39, 0.29) is 5.95 Å². The highest BCUT2D eigenvalue weighted by atomic mass is 19.4. The lowest BCUT2D eigenvalue weighted by molar-refractivity contribution is -0.137. The van der Waals surface area contributed by atoms with Gasteiger partial charge in [-0.25, -0.2) is 0 Å². The molecule has 0 saturated carbocycles. The number of ether oxygens (including phenoxy) is 1. The van der Waals surface area contributed by atoms with Crippen molar-refractivity contribution in [3.05, 3.63) is 59.7 Å². The summed E-state index contributed by atoms with van der Waals surface area (Å²) in [4.78, 5) is 15.3. The van der Waals surface area contributed by atoms with Gasteiger partial charge in [-0.15, -0.1) is 0 Å². The molecule has 0 radical (unpaired) electrons. The third kappa shape index (κ3) is 6.71. The molecule has 2 N–H and O–H groups in total. The SMILES string of the molecule is CCN(CC)c1nc(NCCc2ccc(OC)cc2)nc(Nc2ccc(C(F)(F)F)cc2)n1. The zero-order chi connectivity index (χ0) is 23.8. The molecular weight excluding hydrogens is 433 g/mol. The molecule has 3 rings (SSSR count). The normalized spacial score (nSPS) is 11.2. The number of alkyl halides is 3. The average molecular weight is 461 g/mol. The summed E-state index contributed by atoms with van der Waals surface area (Å²) in [5, 5.41) is 6.19. The molecule has 7 nitrogen and oxygen atoms in total. The fourth-order valence-electron chi connectivity index (χ4n) is 3.13. The summed E-state index contributed by atoms with van der Waals surface area (Å²) in [5.74, 6) is 1.91. The monoisotopic (exact) mass is 460 g/mol. The van der Waals surface area contributed by atoms with Crippen LogP contribution in [-0.2, 0) is 12.6 Å². The van der Waals surface area contributed by atoms with Crippen molar-refractivity contribution in [2.45, 2.75) is 26.4 Å². The van der Waals surface area contributed by atoms with E-state index >= 15 is 0 Å². The smallest absolute Gasteiger partial charge is 0.416 e. The Morgan fingerprint density at radius 2 is 1.52 bits per heavy atom. The average Bonchev–Trinajstić information content (AvgIpc) is 2.80. The second-order valence-electron chi connectivity index (χ2n) is 7.18. The summed E-state index contributed by atoms with van der Waals surface area (Å²) >= 11 is 0. The molecule has 33 heavy (non-hydrogen) atoms. The van der Waals surface area contributed by atoms with Crippen LogP contribution in [0.5, 0.6) is 5.75 Å². The number of methoxy groups -OCH3 is 1. The van der Waals surface area contributed by atoms with Crippen molar-refractivity contribution >= 4 is 23.5 Å². The fraction of sp³-hybridized carbons (Fsp3) is 0.348. The lowest BCUT2D eigenvalue weighted by Gasteiger charge is -2.20. The van der Waals surface area contributed by atoms with Gasteiger partial charge in [0.05, 0.1) is 12.7 Å². The molecule has 0 spiro atoms. The number of nitrogens with zero attached hydrogens (tertiary/aromatic N) is 4. The number of rotatable bonds is 10. The Morgan fingerprint density at radius 1 is 0.879 bits per heavy atom. The highest BCUT2D eigenvalue weighted by Crippen LogP contribution is 2.30.